The Morgan fingerprint density at radius 2 is 2.16 bits per heavy atom. The van der Waals surface area contributed by atoms with Gasteiger partial charge >= 0.3 is 5.97 Å². The molecule has 1 amide bonds. The molecule has 3 rings (SSSR count). The summed E-state index contributed by atoms with van der Waals surface area (Å²) >= 11 is 2.58. The number of carbonyl (C=O) groups is 2. The standard InChI is InChI=1S/C19H22N4O5S3/c1-2-28-18(25)10-14-11-29-19(22-14)30-12-17(24)21-13-5-3-6-15(9-13)31(26,27)23-16-7-4-8-20-16/h3,5-6,9,11H,2,4,7-8,10,12H2,1H3,(H,20,23)(H,21,24). The third-order valence-electron chi connectivity index (χ3n) is 4.04. The van der Waals surface area contributed by atoms with Crippen LogP contribution in [0.5, 0.6) is 0 Å². The Morgan fingerprint density at radius 1 is 1.32 bits per heavy atom. The molecule has 0 aliphatic carbocycles. The van der Waals surface area contributed by atoms with E-state index in [4.69, 9.17) is 4.74 Å². The third kappa shape index (κ3) is 7.04. The Bertz CT molecular complexity index is 1080. The van der Waals surface area contributed by atoms with Crippen LogP contribution in [0.15, 0.2) is 43.9 Å². The van der Waals surface area contributed by atoms with Crippen LogP contribution in [0.3, 0.4) is 0 Å². The molecule has 2 heterocycles. The minimum Gasteiger partial charge on any atom is -0.466 e. The molecule has 1 aliphatic heterocycles. The smallest absolute Gasteiger partial charge is 0.311 e. The Morgan fingerprint density at radius 3 is 2.90 bits per heavy atom. The number of anilines is 1. The fraction of sp³-hybridized carbons (Fsp3) is 0.368. The summed E-state index contributed by atoms with van der Waals surface area (Å²) in [6.45, 7) is 2.68. The molecule has 1 aromatic carbocycles. The summed E-state index contributed by atoms with van der Waals surface area (Å²) in [7, 11) is -3.75. The van der Waals surface area contributed by atoms with E-state index in [-0.39, 0.29) is 28.9 Å². The number of hydrogen-bond acceptors (Lipinski definition) is 9. The van der Waals surface area contributed by atoms with E-state index >= 15 is 0 Å². The number of aromatic nitrogens is 1. The summed E-state index contributed by atoms with van der Waals surface area (Å²) in [6.07, 6.45) is 1.53. The highest BCUT2D eigenvalue weighted by Gasteiger charge is 2.19. The number of nitrogens with zero attached hydrogens (tertiary/aromatic N) is 2. The van der Waals surface area contributed by atoms with E-state index in [1.165, 1.54) is 35.2 Å². The van der Waals surface area contributed by atoms with Crippen LogP contribution < -0.4 is 10.0 Å². The number of esters is 1. The van der Waals surface area contributed by atoms with Gasteiger partial charge in [0.2, 0.25) is 5.91 Å². The number of carbonyl (C=O) groups excluding carboxylic acids is 2. The number of nitrogens with one attached hydrogen (secondary N) is 2. The van der Waals surface area contributed by atoms with E-state index in [9.17, 15) is 18.0 Å². The maximum atomic E-state index is 12.5. The van der Waals surface area contributed by atoms with Crippen molar-refractivity contribution in [1.82, 2.24) is 9.71 Å². The van der Waals surface area contributed by atoms with E-state index in [0.717, 1.165) is 6.42 Å². The first-order valence-corrected chi connectivity index (χ1v) is 12.9. The van der Waals surface area contributed by atoms with Crippen molar-refractivity contribution in [1.29, 1.82) is 0 Å². The lowest BCUT2D eigenvalue weighted by Gasteiger charge is -2.10. The molecule has 0 atom stereocenters. The van der Waals surface area contributed by atoms with Crippen LogP contribution >= 0.6 is 23.1 Å². The van der Waals surface area contributed by atoms with Crippen molar-refractivity contribution >= 4 is 56.5 Å². The van der Waals surface area contributed by atoms with E-state index in [0.29, 0.717) is 41.1 Å². The highest BCUT2D eigenvalue weighted by molar-refractivity contribution is 8.01. The van der Waals surface area contributed by atoms with Gasteiger partial charge in [-0.25, -0.2) is 13.4 Å². The summed E-state index contributed by atoms with van der Waals surface area (Å²) in [4.78, 5) is 32.3. The third-order valence-corrected chi connectivity index (χ3v) is 7.49. The van der Waals surface area contributed by atoms with Crippen LogP contribution in [0.1, 0.15) is 25.5 Å². The molecule has 1 aliphatic rings. The molecule has 2 N–H and O–H groups in total. The molecule has 0 unspecified atom stereocenters. The highest BCUT2D eigenvalue weighted by Crippen LogP contribution is 2.23. The molecule has 0 radical (unpaired) electrons. The molecular formula is C19H22N4O5S3. The normalized spacial score (nSPS) is 13.5. The Balaban J connectivity index is 1.53. The summed E-state index contributed by atoms with van der Waals surface area (Å²) < 4.78 is 33.1. The van der Waals surface area contributed by atoms with Gasteiger partial charge in [0.15, 0.2) is 4.34 Å². The van der Waals surface area contributed by atoms with Gasteiger partial charge < -0.3 is 10.1 Å². The zero-order chi connectivity index (χ0) is 22.3. The number of benzene rings is 1. The minimum absolute atomic E-state index is 0.0519. The maximum absolute atomic E-state index is 12.5. The second-order valence-corrected chi connectivity index (χ2v) is 10.3. The molecule has 12 heteroatoms. The summed E-state index contributed by atoms with van der Waals surface area (Å²) in [6, 6.07) is 6.05. The molecule has 0 saturated heterocycles. The molecule has 9 nitrogen and oxygen atoms in total. The van der Waals surface area contributed by atoms with Crippen molar-refractivity contribution in [2.24, 2.45) is 4.99 Å². The van der Waals surface area contributed by atoms with Crippen LogP contribution in [0.25, 0.3) is 0 Å². The van der Waals surface area contributed by atoms with E-state index in [1.807, 2.05) is 0 Å². The second kappa shape index (κ2) is 10.7. The van der Waals surface area contributed by atoms with Gasteiger partial charge in [0.1, 0.15) is 5.84 Å². The van der Waals surface area contributed by atoms with Gasteiger partial charge in [-0.3, -0.25) is 19.3 Å². The number of thiazole rings is 1. The first-order valence-electron chi connectivity index (χ1n) is 9.54. The van der Waals surface area contributed by atoms with E-state index < -0.39 is 10.0 Å². The number of amides is 1. The zero-order valence-corrected chi connectivity index (χ0v) is 19.2. The number of ether oxygens (including phenoxy) is 1. The van der Waals surface area contributed by atoms with Gasteiger partial charge in [-0.15, -0.1) is 11.3 Å². The highest BCUT2D eigenvalue weighted by atomic mass is 32.2. The lowest BCUT2D eigenvalue weighted by Crippen LogP contribution is -2.29. The fourth-order valence-electron chi connectivity index (χ4n) is 2.70. The molecule has 0 saturated carbocycles. The number of rotatable bonds is 9. The number of sulfonamides is 1. The first kappa shape index (κ1) is 23.2. The largest absolute Gasteiger partial charge is 0.466 e. The van der Waals surface area contributed by atoms with Gasteiger partial charge in [-0.05, 0) is 31.5 Å². The van der Waals surface area contributed by atoms with Crippen LogP contribution in [0.2, 0.25) is 0 Å². The van der Waals surface area contributed by atoms with Gasteiger partial charge in [-0.2, -0.15) is 0 Å². The molecule has 2 aromatic rings. The topological polar surface area (TPSA) is 127 Å². The predicted octanol–water partition coefficient (Wildman–Crippen LogP) is 2.45. The first-order chi connectivity index (χ1) is 14.9. The lowest BCUT2D eigenvalue weighted by atomic mass is 10.3. The van der Waals surface area contributed by atoms with Crippen molar-refractivity contribution in [3.8, 4) is 0 Å². The Kier molecular flexibility index (Phi) is 8.04. The molecule has 1 aromatic heterocycles. The van der Waals surface area contributed by atoms with Crippen molar-refractivity contribution in [3.63, 3.8) is 0 Å². The monoisotopic (exact) mass is 482 g/mol. The molecule has 0 fully saturated rings. The van der Waals surface area contributed by atoms with E-state index in [1.54, 1.807) is 24.4 Å². The average Bonchev–Trinajstić information content (AvgIpc) is 3.38. The van der Waals surface area contributed by atoms with Gasteiger partial charge in [0.05, 0.1) is 29.4 Å². The lowest BCUT2D eigenvalue weighted by molar-refractivity contribution is -0.142. The molecular weight excluding hydrogens is 460 g/mol. The predicted molar refractivity (Wildman–Crippen MR) is 120 cm³/mol. The summed E-state index contributed by atoms with van der Waals surface area (Å²) in [5, 5.41) is 4.45. The van der Waals surface area contributed by atoms with Crippen molar-refractivity contribution in [2.75, 3.05) is 24.2 Å². The van der Waals surface area contributed by atoms with Crippen LogP contribution in [0, 0.1) is 0 Å². The number of thioether (sulfide) groups is 1. The number of aliphatic imine (C=N–C) groups is 1. The minimum atomic E-state index is -3.75. The van der Waals surface area contributed by atoms with Gasteiger partial charge in [0.25, 0.3) is 10.0 Å². The van der Waals surface area contributed by atoms with Gasteiger partial charge in [-0.1, -0.05) is 17.8 Å². The summed E-state index contributed by atoms with van der Waals surface area (Å²) in [5.41, 5.74) is 0.979. The van der Waals surface area contributed by atoms with Crippen LogP contribution in [-0.4, -0.2) is 50.0 Å². The van der Waals surface area contributed by atoms with Crippen molar-refractivity contribution < 1.29 is 22.7 Å². The molecule has 31 heavy (non-hydrogen) atoms. The summed E-state index contributed by atoms with van der Waals surface area (Å²) in [5.74, 6) is -0.0869. The Hall–Kier alpha value is -2.44. The SMILES string of the molecule is CCOC(=O)Cc1csc(SCC(=O)Nc2cccc(S(=O)(=O)NC3=NCCC3)c2)n1. The van der Waals surface area contributed by atoms with E-state index in [2.05, 4.69) is 20.0 Å². The van der Waals surface area contributed by atoms with Crippen molar-refractivity contribution in [2.45, 2.75) is 35.4 Å². The second-order valence-electron chi connectivity index (χ2n) is 6.49. The molecule has 0 bridgehead atoms. The Labute approximate surface area is 188 Å². The zero-order valence-electron chi connectivity index (χ0n) is 16.8. The molecule has 166 valence electrons. The fourth-order valence-corrected chi connectivity index (χ4v) is 5.48. The van der Waals surface area contributed by atoms with Gasteiger partial charge in [0, 0.05) is 24.0 Å². The van der Waals surface area contributed by atoms with Crippen LogP contribution in [0.4, 0.5) is 5.69 Å². The maximum Gasteiger partial charge on any atom is 0.311 e. The number of amidine groups is 1. The number of hydrogen-bond donors (Lipinski definition) is 2. The van der Waals surface area contributed by atoms with Crippen molar-refractivity contribution in [3.05, 3.63) is 35.3 Å². The average molecular weight is 483 g/mol. The quantitative estimate of drug-likeness (QED) is 0.415. The van der Waals surface area contributed by atoms with Crippen LogP contribution in [-0.2, 0) is 30.8 Å². The molecule has 0 spiro atoms.